The molecule has 36 heavy (non-hydrogen) atoms. The number of methoxy groups -OCH3 is 1. The van der Waals surface area contributed by atoms with Crippen LogP contribution in [0.25, 0.3) is 0 Å². The molecule has 7 nitrogen and oxygen atoms in total. The number of nitrogens with zero attached hydrogens (tertiary/aromatic N) is 1. The van der Waals surface area contributed by atoms with Crippen LogP contribution in [0.3, 0.4) is 0 Å². The molecule has 1 aliphatic heterocycles. The van der Waals surface area contributed by atoms with Gasteiger partial charge < -0.3 is 14.8 Å². The molecule has 2 amide bonds. The summed E-state index contributed by atoms with van der Waals surface area (Å²) in [5, 5.41) is 2.83. The van der Waals surface area contributed by atoms with E-state index in [0.29, 0.717) is 19.3 Å². The summed E-state index contributed by atoms with van der Waals surface area (Å²) in [5.41, 5.74) is 3.87. The molecule has 1 N–H and O–H groups in total. The zero-order valence-corrected chi connectivity index (χ0v) is 20.3. The predicted octanol–water partition coefficient (Wildman–Crippen LogP) is 4.04. The van der Waals surface area contributed by atoms with Gasteiger partial charge in [0.1, 0.15) is 18.7 Å². The summed E-state index contributed by atoms with van der Waals surface area (Å²) in [6, 6.07) is 25.2. The van der Waals surface area contributed by atoms with Crippen LogP contribution in [0.5, 0.6) is 0 Å². The Morgan fingerprint density at radius 1 is 0.889 bits per heavy atom. The number of amides is 2. The van der Waals surface area contributed by atoms with Crippen molar-refractivity contribution in [3.05, 3.63) is 107 Å². The van der Waals surface area contributed by atoms with E-state index < -0.39 is 30.1 Å². The zero-order chi connectivity index (χ0) is 25.3. The second-order valence-electron chi connectivity index (χ2n) is 8.77. The molecule has 4 rings (SSSR count). The van der Waals surface area contributed by atoms with Gasteiger partial charge in [-0.05, 0) is 35.1 Å². The van der Waals surface area contributed by atoms with Crippen LogP contribution in [0.4, 0.5) is 4.79 Å². The lowest BCUT2D eigenvalue weighted by Gasteiger charge is -2.35. The number of aryl methyl sites for hydroxylation is 1. The van der Waals surface area contributed by atoms with Crippen molar-refractivity contribution >= 4 is 18.0 Å². The number of hydrogen-bond donors (Lipinski definition) is 1. The molecular weight excluding hydrogens is 456 g/mol. The molecule has 0 bridgehead atoms. The summed E-state index contributed by atoms with van der Waals surface area (Å²) in [6.07, 6.45) is 0.726. The van der Waals surface area contributed by atoms with Crippen LogP contribution in [-0.2, 0) is 45.1 Å². The fourth-order valence-electron chi connectivity index (χ4n) is 4.37. The molecule has 1 heterocycles. The standard InChI is InChI=1S/C29H30N2O5/c1-35-28(33)25(17-16-21-10-4-2-5-11-21)30-27(32)26-18-23-14-8-9-15-24(23)19-31(26)29(34)36-20-22-12-6-3-7-13-22/h2-15,25-26H,16-20H2,1H3,(H,30,32)/t25-,26+/m1/s1. The van der Waals surface area contributed by atoms with Gasteiger partial charge in [0.05, 0.1) is 13.7 Å². The topological polar surface area (TPSA) is 84.9 Å². The zero-order valence-electron chi connectivity index (χ0n) is 20.3. The van der Waals surface area contributed by atoms with Crippen molar-refractivity contribution in [1.29, 1.82) is 0 Å². The second-order valence-corrected chi connectivity index (χ2v) is 8.77. The molecular formula is C29H30N2O5. The minimum atomic E-state index is -0.831. The number of benzene rings is 3. The molecule has 0 radical (unpaired) electrons. The van der Waals surface area contributed by atoms with Gasteiger partial charge in [0.15, 0.2) is 0 Å². The molecule has 1 aliphatic rings. The first-order valence-corrected chi connectivity index (χ1v) is 12.0. The number of nitrogens with one attached hydrogen (secondary N) is 1. The van der Waals surface area contributed by atoms with Crippen molar-refractivity contribution in [2.75, 3.05) is 7.11 Å². The van der Waals surface area contributed by atoms with E-state index in [4.69, 9.17) is 9.47 Å². The van der Waals surface area contributed by atoms with E-state index >= 15 is 0 Å². The first-order valence-electron chi connectivity index (χ1n) is 12.0. The van der Waals surface area contributed by atoms with Crippen molar-refractivity contribution < 1.29 is 23.9 Å². The van der Waals surface area contributed by atoms with Crippen LogP contribution in [-0.4, -0.2) is 42.1 Å². The van der Waals surface area contributed by atoms with E-state index in [1.165, 1.54) is 12.0 Å². The minimum Gasteiger partial charge on any atom is -0.467 e. The van der Waals surface area contributed by atoms with Gasteiger partial charge in [-0.1, -0.05) is 84.9 Å². The summed E-state index contributed by atoms with van der Waals surface area (Å²) in [5.74, 6) is -0.932. The minimum absolute atomic E-state index is 0.105. The number of fused-ring (bicyclic) bond motifs is 1. The van der Waals surface area contributed by atoms with Gasteiger partial charge in [0.2, 0.25) is 5.91 Å². The van der Waals surface area contributed by atoms with Gasteiger partial charge in [-0.2, -0.15) is 0 Å². The lowest BCUT2D eigenvalue weighted by atomic mass is 9.93. The molecule has 0 fully saturated rings. The average Bonchev–Trinajstić information content (AvgIpc) is 2.93. The number of carbonyl (C=O) groups excluding carboxylic acids is 3. The fraction of sp³-hybridized carbons (Fsp3) is 0.276. The van der Waals surface area contributed by atoms with E-state index in [2.05, 4.69) is 5.32 Å². The Morgan fingerprint density at radius 2 is 1.50 bits per heavy atom. The van der Waals surface area contributed by atoms with Crippen LogP contribution >= 0.6 is 0 Å². The van der Waals surface area contributed by atoms with Crippen LogP contribution < -0.4 is 5.32 Å². The van der Waals surface area contributed by atoms with Crippen molar-refractivity contribution in [3.63, 3.8) is 0 Å². The first-order chi connectivity index (χ1) is 17.5. The maximum absolute atomic E-state index is 13.5. The predicted molar refractivity (Wildman–Crippen MR) is 135 cm³/mol. The van der Waals surface area contributed by atoms with Crippen LogP contribution in [0.1, 0.15) is 28.7 Å². The van der Waals surface area contributed by atoms with Gasteiger partial charge in [-0.25, -0.2) is 9.59 Å². The summed E-state index contributed by atoms with van der Waals surface area (Å²) >= 11 is 0. The monoisotopic (exact) mass is 486 g/mol. The summed E-state index contributed by atoms with van der Waals surface area (Å²) in [6.45, 7) is 0.350. The number of carbonyl (C=O) groups is 3. The van der Waals surface area contributed by atoms with Gasteiger partial charge in [0, 0.05) is 6.42 Å². The molecule has 0 saturated heterocycles. The molecule has 0 aromatic heterocycles. The van der Waals surface area contributed by atoms with Crippen molar-refractivity contribution in [1.82, 2.24) is 10.2 Å². The average molecular weight is 487 g/mol. The van der Waals surface area contributed by atoms with Gasteiger partial charge in [-0.3, -0.25) is 9.69 Å². The highest BCUT2D eigenvalue weighted by atomic mass is 16.6. The molecule has 0 unspecified atom stereocenters. The van der Waals surface area contributed by atoms with Crippen LogP contribution in [0.2, 0.25) is 0 Å². The lowest BCUT2D eigenvalue weighted by molar-refractivity contribution is -0.146. The van der Waals surface area contributed by atoms with Crippen molar-refractivity contribution in [2.45, 2.75) is 44.5 Å². The number of ether oxygens (including phenoxy) is 2. The third-order valence-electron chi connectivity index (χ3n) is 6.36. The molecule has 0 spiro atoms. The Hall–Kier alpha value is -4.13. The van der Waals surface area contributed by atoms with E-state index in [1.807, 2.05) is 84.9 Å². The van der Waals surface area contributed by atoms with E-state index in [9.17, 15) is 14.4 Å². The highest BCUT2D eigenvalue weighted by Gasteiger charge is 2.37. The molecule has 2 atom stereocenters. The first kappa shape index (κ1) is 25.0. The highest BCUT2D eigenvalue weighted by Crippen LogP contribution is 2.25. The van der Waals surface area contributed by atoms with E-state index in [1.54, 1.807) is 0 Å². The normalized spacial score (nSPS) is 15.4. The third-order valence-corrected chi connectivity index (χ3v) is 6.36. The van der Waals surface area contributed by atoms with E-state index in [-0.39, 0.29) is 13.2 Å². The van der Waals surface area contributed by atoms with Crippen molar-refractivity contribution in [2.24, 2.45) is 0 Å². The highest BCUT2D eigenvalue weighted by molar-refractivity contribution is 5.90. The Labute approximate surface area is 211 Å². The molecule has 3 aromatic carbocycles. The Balaban J connectivity index is 1.49. The van der Waals surface area contributed by atoms with Gasteiger partial charge in [-0.15, -0.1) is 0 Å². The van der Waals surface area contributed by atoms with E-state index in [0.717, 1.165) is 22.3 Å². The maximum Gasteiger partial charge on any atom is 0.411 e. The summed E-state index contributed by atoms with van der Waals surface area (Å²) in [7, 11) is 1.30. The Morgan fingerprint density at radius 3 is 2.17 bits per heavy atom. The summed E-state index contributed by atoms with van der Waals surface area (Å²) < 4.78 is 10.5. The van der Waals surface area contributed by atoms with Crippen LogP contribution in [0.15, 0.2) is 84.9 Å². The molecule has 3 aromatic rings. The SMILES string of the molecule is COC(=O)[C@@H](CCc1ccccc1)NC(=O)[C@@H]1Cc2ccccc2CN1C(=O)OCc1ccccc1. The lowest BCUT2D eigenvalue weighted by Crippen LogP contribution is -2.55. The largest absolute Gasteiger partial charge is 0.467 e. The molecule has 0 aliphatic carbocycles. The maximum atomic E-state index is 13.5. The second kappa shape index (κ2) is 12.0. The number of hydrogen-bond acceptors (Lipinski definition) is 5. The van der Waals surface area contributed by atoms with Crippen LogP contribution in [0, 0.1) is 0 Å². The quantitative estimate of drug-likeness (QED) is 0.486. The summed E-state index contributed by atoms with van der Waals surface area (Å²) in [4.78, 5) is 40.5. The van der Waals surface area contributed by atoms with Gasteiger partial charge in [0.25, 0.3) is 0 Å². The fourth-order valence-corrected chi connectivity index (χ4v) is 4.37. The number of esters is 1. The Bertz CT molecular complexity index is 1180. The van der Waals surface area contributed by atoms with Gasteiger partial charge >= 0.3 is 12.1 Å². The molecule has 186 valence electrons. The third kappa shape index (κ3) is 6.30. The molecule has 7 heteroatoms. The smallest absolute Gasteiger partial charge is 0.411 e. The molecule has 0 saturated carbocycles. The van der Waals surface area contributed by atoms with Crippen molar-refractivity contribution in [3.8, 4) is 0 Å². The Kier molecular flexibility index (Phi) is 8.34. The number of rotatable bonds is 8.